The third-order valence-electron chi connectivity index (χ3n) is 5.84. The smallest absolute Gasteiger partial charge is 0.291 e. The van der Waals surface area contributed by atoms with Gasteiger partial charge in [-0.3, -0.25) is 9.59 Å². The Bertz CT molecular complexity index is 1340. The van der Waals surface area contributed by atoms with E-state index in [0.717, 1.165) is 23.7 Å². The predicted molar refractivity (Wildman–Crippen MR) is 141 cm³/mol. The van der Waals surface area contributed by atoms with Gasteiger partial charge in [-0.1, -0.05) is 35.3 Å². The summed E-state index contributed by atoms with van der Waals surface area (Å²) in [5.74, 6) is 0.376. The van der Waals surface area contributed by atoms with Gasteiger partial charge in [0.1, 0.15) is 5.76 Å². The van der Waals surface area contributed by atoms with Crippen LogP contribution in [-0.4, -0.2) is 42.9 Å². The summed E-state index contributed by atoms with van der Waals surface area (Å²) in [6, 6.07) is 19.9. The number of hydrogen-bond donors (Lipinski definition) is 1. The molecule has 178 valence electrons. The van der Waals surface area contributed by atoms with Gasteiger partial charge in [0, 0.05) is 43.1 Å². The van der Waals surface area contributed by atoms with E-state index in [-0.39, 0.29) is 17.6 Å². The van der Waals surface area contributed by atoms with E-state index in [9.17, 15) is 9.59 Å². The minimum atomic E-state index is -0.358. The molecule has 0 bridgehead atoms. The van der Waals surface area contributed by atoms with Gasteiger partial charge in [0.25, 0.3) is 11.8 Å². The number of benzene rings is 2. The number of carbonyl (C=O) groups excluding carboxylic acids is 2. The van der Waals surface area contributed by atoms with Gasteiger partial charge in [-0.05, 0) is 60.0 Å². The number of piperazine rings is 1. The van der Waals surface area contributed by atoms with Crippen LogP contribution in [0.2, 0.25) is 10.0 Å². The average molecular weight is 526 g/mol. The van der Waals surface area contributed by atoms with Crippen LogP contribution in [0, 0.1) is 0 Å². The monoisotopic (exact) mass is 525 g/mol. The van der Waals surface area contributed by atoms with Crippen molar-refractivity contribution >= 4 is 57.7 Å². The highest BCUT2D eigenvalue weighted by Gasteiger charge is 2.23. The minimum absolute atomic E-state index is 0.0939. The van der Waals surface area contributed by atoms with E-state index in [4.69, 9.17) is 27.6 Å². The molecule has 0 unspecified atom stereocenters. The molecular formula is C26H21Cl2N3O3S. The molecule has 2 aromatic carbocycles. The Hall–Kier alpha value is -3.26. The van der Waals surface area contributed by atoms with Crippen LogP contribution >= 0.6 is 34.5 Å². The Balaban J connectivity index is 1.19. The molecule has 3 heterocycles. The van der Waals surface area contributed by atoms with Crippen LogP contribution in [0.15, 0.2) is 76.5 Å². The van der Waals surface area contributed by atoms with Gasteiger partial charge in [-0.25, -0.2) is 0 Å². The van der Waals surface area contributed by atoms with Crippen molar-refractivity contribution in [3.63, 3.8) is 0 Å². The van der Waals surface area contributed by atoms with E-state index in [1.54, 1.807) is 30.3 Å². The highest BCUT2D eigenvalue weighted by atomic mass is 35.5. The Labute approximate surface area is 216 Å². The molecule has 0 saturated carbocycles. The van der Waals surface area contributed by atoms with Crippen LogP contribution < -0.4 is 10.2 Å². The van der Waals surface area contributed by atoms with E-state index >= 15 is 0 Å². The largest absolute Gasteiger partial charge is 0.451 e. The van der Waals surface area contributed by atoms with Gasteiger partial charge < -0.3 is 19.5 Å². The van der Waals surface area contributed by atoms with Gasteiger partial charge in [0.15, 0.2) is 5.76 Å². The Morgan fingerprint density at radius 2 is 1.66 bits per heavy atom. The Morgan fingerprint density at radius 1 is 0.886 bits per heavy atom. The number of furan rings is 1. The lowest BCUT2D eigenvalue weighted by Crippen LogP contribution is -2.48. The van der Waals surface area contributed by atoms with Crippen LogP contribution in [-0.2, 0) is 0 Å². The van der Waals surface area contributed by atoms with E-state index < -0.39 is 0 Å². The highest BCUT2D eigenvalue weighted by Crippen LogP contribution is 2.34. The van der Waals surface area contributed by atoms with Crippen LogP contribution in [0.1, 0.15) is 20.2 Å². The standard InChI is InChI=1S/C26H21Cl2N3O3S/c27-20-4-1-3-19(24(20)28)21-10-11-22(34-21)25(32)29-17-6-8-18(9-7-17)30-12-14-31(15-13-30)26(33)23-5-2-16-35-23/h1-11,16H,12-15H2,(H,29,32). The second-order valence-corrected chi connectivity index (χ2v) is 9.76. The first-order valence-electron chi connectivity index (χ1n) is 11.0. The fourth-order valence-corrected chi connectivity index (χ4v) is 5.06. The second-order valence-electron chi connectivity index (χ2n) is 8.02. The normalized spacial score (nSPS) is 13.7. The van der Waals surface area contributed by atoms with Crippen molar-refractivity contribution in [3.8, 4) is 11.3 Å². The fraction of sp³-hybridized carbons (Fsp3) is 0.154. The van der Waals surface area contributed by atoms with Crippen LogP contribution in [0.5, 0.6) is 0 Å². The molecule has 2 aromatic heterocycles. The summed E-state index contributed by atoms with van der Waals surface area (Å²) in [4.78, 5) is 30.1. The zero-order valence-corrected chi connectivity index (χ0v) is 20.9. The average Bonchev–Trinajstić information content (AvgIpc) is 3.59. The molecule has 1 N–H and O–H groups in total. The van der Waals surface area contributed by atoms with Gasteiger partial charge in [0.05, 0.1) is 14.9 Å². The first kappa shape index (κ1) is 23.5. The van der Waals surface area contributed by atoms with Crippen molar-refractivity contribution in [1.29, 1.82) is 0 Å². The molecule has 0 aliphatic carbocycles. The zero-order chi connectivity index (χ0) is 24.4. The van der Waals surface area contributed by atoms with E-state index in [2.05, 4.69) is 10.2 Å². The SMILES string of the molecule is O=C(Nc1ccc(N2CCN(C(=O)c3cccs3)CC2)cc1)c1ccc(-c2cccc(Cl)c2Cl)o1. The third kappa shape index (κ3) is 5.07. The quantitative estimate of drug-likeness (QED) is 0.321. The molecule has 1 aliphatic heterocycles. The van der Waals surface area contributed by atoms with E-state index in [1.165, 1.54) is 11.3 Å². The van der Waals surface area contributed by atoms with Crippen molar-refractivity contribution in [2.75, 3.05) is 36.4 Å². The fourth-order valence-electron chi connectivity index (χ4n) is 3.97. The van der Waals surface area contributed by atoms with Crippen molar-refractivity contribution < 1.29 is 14.0 Å². The van der Waals surface area contributed by atoms with E-state index in [1.807, 2.05) is 46.7 Å². The lowest BCUT2D eigenvalue weighted by molar-refractivity contribution is 0.0751. The number of nitrogens with zero attached hydrogens (tertiary/aromatic N) is 2. The summed E-state index contributed by atoms with van der Waals surface area (Å²) < 4.78 is 5.72. The summed E-state index contributed by atoms with van der Waals surface area (Å²) in [5.41, 5.74) is 2.32. The van der Waals surface area contributed by atoms with Gasteiger partial charge in [-0.15, -0.1) is 11.3 Å². The summed E-state index contributed by atoms with van der Waals surface area (Å²) in [6.07, 6.45) is 0. The molecule has 0 radical (unpaired) electrons. The molecule has 6 nitrogen and oxygen atoms in total. The maximum Gasteiger partial charge on any atom is 0.291 e. The third-order valence-corrected chi connectivity index (χ3v) is 7.51. The van der Waals surface area contributed by atoms with Crippen molar-refractivity contribution in [2.45, 2.75) is 0 Å². The Kier molecular flexibility index (Phi) is 6.81. The topological polar surface area (TPSA) is 65.8 Å². The molecule has 5 rings (SSSR count). The predicted octanol–water partition coefficient (Wildman–Crippen LogP) is 6.53. The van der Waals surface area contributed by atoms with Gasteiger partial charge >= 0.3 is 0 Å². The lowest BCUT2D eigenvalue weighted by atomic mass is 10.2. The molecule has 35 heavy (non-hydrogen) atoms. The number of carbonyl (C=O) groups is 2. The number of amides is 2. The van der Waals surface area contributed by atoms with Crippen molar-refractivity contribution in [3.05, 3.63) is 92.8 Å². The number of nitrogens with one attached hydrogen (secondary N) is 1. The first-order valence-corrected chi connectivity index (χ1v) is 12.7. The molecular weight excluding hydrogens is 505 g/mol. The summed E-state index contributed by atoms with van der Waals surface area (Å²) in [7, 11) is 0. The maximum atomic E-state index is 12.7. The number of anilines is 2. The number of halogens is 2. The summed E-state index contributed by atoms with van der Waals surface area (Å²) >= 11 is 13.8. The van der Waals surface area contributed by atoms with Gasteiger partial charge in [-0.2, -0.15) is 0 Å². The molecule has 2 amide bonds. The summed E-state index contributed by atoms with van der Waals surface area (Å²) in [6.45, 7) is 2.85. The molecule has 0 spiro atoms. The van der Waals surface area contributed by atoms with Gasteiger partial charge in [0.2, 0.25) is 0 Å². The van der Waals surface area contributed by atoms with Crippen molar-refractivity contribution in [1.82, 2.24) is 4.90 Å². The molecule has 1 fully saturated rings. The lowest BCUT2D eigenvalue weighted by Gasteiger charge is -2.36. The van der Waals surface area contributed by atoms with Crippen LogP contribution in [0.4, 0.5) is 11.4 Å². The van der Waals surface area contributed by atoms with E-state index in [0.29, 0.717) is 40.1 Å². The molecule has 1 aliphatic rings. The zero-order valence-electron chi connectivity index (χ0n) is 18.5. The Morgan fingerprint density at radius 3 is 2.37 bits per heavy atom. The second kappa shape index (κ2) is 10.2. The number of rotatable bonds is 5. The van der Waals surface area contributed by atoms with Crippen molar-refractivity contribution in [2.24, 2.45) is 0 Å². The van der Waals surface area contributed by atoms with Crippen LogP contribution in [0.25, 0.3) is 11.3 Å². The molecule has 4 aromatic rings. The number of hydrogen-bond acceptors (Lipinski definition) is 5. The molecule has 9 heteroatoms. The summed E-state index contributed by atoms with van der Waals surface area (Å²) in [5, 5.41) is 5.57. The highest BCUT2D eigenvalue weighted by molar-refractivity contribution is 7.12. The minimum Gasteiger partial charge on any atom is -0.451 e. The first-order chi connectivity index (χ1) is 17.0. The maximum absolute atomic E-state index is 12.7. The number of thiophene rings is 1. The molecule has 0 atom stereocenters. The van der Waals surface area contributed by atoms with Crippen LogP contribution in [0.3, 0.4) is 0 Å². The molecule has 1 saturated heterocycles.